The van der Waals surface area contributed by atoms with Crippen LogP contribution in [0.2, 0.25) is 0 Å². The van der Waals surface area contributed by atoms with Gasteiger partial charge in [-0.2, -0.15) is 10.2 Å². The Hall–Kier alpha value is -2.17. The third-order valence-electron chi connectivity index (χ3n) is 2.58. The fourth-order valence-corrected chi connectivity index (χ4v) is 3.07. The zero-order valence-electron chi connectivity index (χ0n) is 10.6. The van der Waals surface area contributed by atoms with Crippen LogP contribution in [0.25, 0.3) is 10.8 Å². The van der Waals surface area contributed by atoms with Crippen LogP contribution in [0, 0.1) is 17.1 Å². The normalized spacial score (nSPS) is 10.5. The van der Waals surface area contributed by atoms with E-state index in [-0.39, 0.29) is 5.82 Å². The van der Waals surface area contributed by atoms with E-state index in [2.05, 4.69) is 16.2 Å². The highest BCUT2D eigenvalue weighted by molar-refractivity contribution is 7.98. The fraction of sp³-hybridized carbons (Fsp3) is 0.0714. The van der Waals surface area contributed by atoms with E-state index in [9.17, 15) is 4.39 Å². The molecule has 0 aliphatic heterocycles. The summed E-state index contributed by atoms with van der Waals surface area (Å²) in [6.07, 6.45) is 0. The molecule has 2 aromatic heterocycles. The van der Waals surface area contributed by atoms with Crippen molar-refractivity contribution in [3.63, 3.8) is 0 Å². The minimum atomic E-state index is -0.257. The third-order valence-corrected chi connectivity index (χ3v) is 4.56. The number of benzene rings is 1. The largest absolute Gasteiger partial charge is 0.333 e. The average molecular weight is 317 g/mol. The van der Waals surface area contributed by atoms with Gasteiger partial charge in [-0.3, -0.25) is 0 Å². The number of aromatic nitrogens is 2. The molecule has 0 fully saturated rings. The van der Waals surface area contributed by atoms with E-state index >= 15 is 0 Å². The summed E-state index contributed by atoms with van der Waals surface area (Å²) < 4.78 is 18.0. The second kappa shape index (κ2) is 6.08. The molecular weight excluding hydrogens is 309 g/mol. The Morgan fingerprint density at radius 1 is 1.24 bits per heavy atom. The van der Waals surface area contributed by atoms with Crippen LogP contribution in [0.1, 0.15) is 10.7 Å². The molecule has 0 aliphatic carbocycles. The van der Waals surface area contributed by atoms with E-state index in [4.69, 9.17) is 9.78 Å². The van der Waals surface area contributed by atoms with E-state index < -0.39 is 0 Å². The first-order chi connectivity index (χ1) is 10.2. The van der Waals surface area contributed by atoms with Crippen LogP contribution in [0.4, 0.5) is 4.39 Å². The summed E-state index contributed by atoms with van der Waals surface area (Å²) >= 11 is 2.81. The van der Waals surface area contributed by atoms with Gasteiger partial charge in [-0.15, -0.1) is 23.1 Å². The van der Waals surface area contributed by atoms with E-state index in [1.54, 1.807) is 24.3 Å². The number of hydrogen-bond acceptors (Lipinski definition) is 6. The minimum absolute atomic E-state index is 0.257. The van der Waals surface area contributed by atoms with Crippen LogP contribution in [0.3, 0.4) is 0 Å². The Morgan fingerprint density at radius 3 is 2.76 bits per heavy atom. The first kappa shape index (κ1) is 13.8. The molecule has 0 bridgehead atoms. The molecule has 0 spiro atoms. The molecule has 0 saturated carbocycles. The van der Waals surface area contributed by atoms with Crippen molar-refractivity contribution >= 4 is 23.1 Å². The zero-order chi connectivity index (χ0) is 14.7. The molecule has 3 rings (SSSR count). The third kappa shape index (κ3) is 3.29. The van der Waals surface area contributed by atoms with Crippen LogP contribution in [-0.2, 0) is 5.75 Å². The van der Waals surface area contributed by atoms with Crippen molar-refractivity contribution in [2.75, 3.05) is 0 Å². The fourth-order valence-electron chi connectivity index (χ4n) is 1.60. The van der Waals surface area contributed by atoms with Crippen molar-refractivity contribution in [1.29, 1.82) is 5.26 Å². The monoisotopic (exact) mass is 317 g/mol. The molecule has 0 aliphatic rings. The van der Waals surface area contributed by atoms with Crippen LogP contribution < -0.4 is 0 Å². The number of thiophene rings is 1. The van der Waals surface area contributed by atoms with Crippen LogP contribution >= 0.6 is 23.1 Å². The highest BCUT2D eigenvalue weighted by Crippen LogP contribution is 2.27. The van der Waals surface area contributed by atoms with Crippen LogP contribution in [-0.4, -0.2) is 10.1 Å². The van der Waals surface area contributed by atoms with E-state index in [1.165, 1.54) is 35.2 Å². The predicted molar refractivity (Wildman–Crippen MR) is 78.3 cm³/mol. The summed E-state index contributed by atoms with van der Waals surface area (Å²) in [4.78, 5) is 6.60. The van der Waals surface area contributed by atoms with Gasteiger partial charge in [0.15, 0.2) is 5.82 Å². The molecule has 0 saturated heterocycles. The topological polar surface area (TPSA) is 62.7 Å². The Labute approximate surface area is 128 Å². The maximum Gasteiger partial charge on any atom is 0.268 e. The van der Waals surface area contributed by atoms with Crippen LogP contribution in [0.5, 0.6) is 0 Å². The van der Waals surface area contributed by atoms with Crippen molar-refractivity contribution in [3.8, 4) is 16.8 Å². The zero-order valence-corrected chi connectivity index (χ0v) is 12.2. The van der Waals surface area contributed by atoms with Crippen molar-refractivity contribution in [2.45, 2.75) is 10.6 Å². The number of hydrogen-bond donors (Lipinski definition) is 0. The molecule has 4 nitrogen and oxygen atoms in total. The summed E-state index contributed by atoms with van der Waals surface area (Å²) in [5, 5.41) is 12.7. The lowest BCUT2D eigenvalue weighted by Gasteiger charge is -1.97. The highest BCUT2D eigenvalue weighted by Gasteiger charge is 2.11. The predicted octanol–water partition coefficient (Wildman–Crippen LogP) is 4.10. The molecule has 3 aromatic rings. The quantitative estimate of drug-likeness (QED) is 0.678. The van der Waals surface area contributed by atoms with Crippen molar-refractivity contribution < 1.29 is 8.91 Å². The van der Waals surface area contributed by atoms with Gasteiger partial charge in [0.25, 0.3) is 5.89 Å². The molecule has 0 N–H and O–H groups in total. The van der Waals surface area contributed by atoms with Gasteiger partial charge in [0.05, 0.1) is 10.6 Å². The molecule has 0 radical (unpaired) electrons. The van der Waals surface area contributed by atoms with E-state index in [0.29, 0.717) is 22.3 Å². The van der Waals surface area contributed by atoms with Crippen molar-refractivity contribution in [3.05, 3.63) is 52.9 Å². The molecule has 0 atom stereocenters. The summed E-state index contributed by atoms with van der Waals surface area (Å²) in [5.41, 5.74) is 0. The SMILES string of the molecule is N#Cc1ccc(-c2nc(CSc3ccc(F)cc3)no2)s1. The van der Waals surface area contributed by atoms with Gasteiger partial charge in [-0.25, -0.2) is 4.39 Å². The summed E-state index contributed by atoms with van der Waals surface area (Å²) in [6.45, 7) is 0. The molecule has 7 heteroatoms. The lowest BCUT2D eigenvalue weighted by atomic mass is 10.4. The first-order valence-electron chi connectivity index (χ1n) is 5.96. The van der Waals surface area contributed by atoms with Gasteiger partial charge in [-0.05, 0) is 36.4 Å². The smallest absolute Gasteiger partial charge is 0.268 e. The van der Waals surface area contributed by atoms with Gasteiger partial charge in [0.1, 0.15) is 16.8 Å². The van der Waals surface area contributed by atoms with Gasteiger partial charge in [0.2, 0.25) is 0 Å². The van der Waals surface area contributed by atoms with Gasteiger partial charge < -0.3 is 4.52 Å². The standard InChI is InChI=1S/C14H8FN3OS2/c15-9-1-3-10(4-2-9)20-8-13-17-14(19-18-13)12-6-5-11(7-16)21-12/h1-6H,8H2. The number of halogens is 1. The lowest BCUT2D eigenvalue weighted by molar-refractivity contribution is 0.426. The molecule has 21 heavy (non-hydrogen) atoms. The van der Waals surface area contributed by atoms with Crippen LogP contribution in [0.15, 0.2) is 45.8 Å². The van der Waals surface area contributed by atoms with Crippen molar-refractivity contribution in [2.24, 2.45) is 0 Å². The second-order valence-electron chi connectivity index (χ2n) is 4.03. The Balaban J connectivity index is 1.68. The summed E-state index contributed by atoms with van der Waals surface area (Å²) in [5.74, 6) is 1.25. The van der Waals surface area contributed by atoms with Gasteiger partial charge in [0, 0.05) is 4.90 Å². The second-order valence-corrected chi connectivity index (χ2v) is 6.17. The first-order valence-corrected chi connectivity index (χ1v) is 7.76. The Kier molecular flexibility index (Phi) is 3.99. The summed E-state index contributed by atoms with van der Waals surface area (Å²) in [7, 11) is 0. The molecule has 0 unspecified atom stereocenters. The Morgan fingerprint density at radius 2 is 2.05 bits per heavy atom. The van der Waals surface area contributed by atoms with E-state index in [0.717, 1.165) is 9.77 Å². The van der Waals surface area contributed by atoms with Crippen molar-refractivity contribution in [1.82, 2.24) is 10.1 Å². The molecule has 104 valence electrons. The minimum Gasteiger partial charge on any atom is -0.333 e. The Bertz CT molecular complexity index is 789. The average Bonchev–Trinajstić information content (AvgIpc) is 3.15. The maximum absolute atomic E-state index is 12.8. The maximum atomic E-state index is 12.8. The molecular formula is C14H8FN3OS2. The number of nitrogens with zero attached hydrogens (tertiary/aromatic N) is 3. The number of rotatable bonds is 4. The highest BCUT2D eigenvalue weighted by atomic mass is 32.2. The van der Waals surface area contributed by atoms with Gasteiger partial charge in [-0.1, -0.05) is 5.16 Å². The lowest BCUT2D eigenvalue weighted by Crippen LogP contribution is -1.84. The molecule has 2 heterocycles. The summed E-state index contributed by atoms with van der Waals surface area (Å²) in [6, 6.07) is 11.8. The molecule has 0 amide bonds. The molecule has 1 aromatic carbocycles. The number of nitriles is 1. The number of thioether (sulfide) groups is 1. The van der Waals surface area contributed by atoms with Gasteiger partial charge >= 0.3 is 0 Å². The van der Waals surface area contributed by atoms with E-state index in [1.807, 2.05) is 0 Å².